The lowest BCUT2D eigenvalue weighted by atomic mass is 9.95. The molecule has 0 saturated heterocycles. The lowest BCUT2D eigenvalue weighted by molar-refractivity contribution is -0.598. The molecule has 8 aromatic rings. The molecule has 0 aliphatic heterocycles. The molecule has 0 aliphatic rings. The Hall–Kier alpha value is -4.64. The van der Waals surface area contributed by atoms with Gasteiger partial charge in [-0.15, -0.1) is 0 Å². The Balaban J connectivity index is -0.000000527. The predicted molar refractivity (Wildman–Crippen MR) is 381 cm³/mol. The second kappa shape index (κ2) is 54.7. The van der Waals surface area contributed by atoms with Gasteiger partial charge < -0.3 is 29.7 Å². The van der Waals surface area contributed by atoms with Crippen LogP contribution >= 0.6 is 0 Å². The van der Waals surface area contributed by atoms with Gasteiger partial charge in [-0.05, 0) is 175 Å². The van der Waals surface area contributed by atoms with Crippen molar-refractivity contribution in [3.05, 3.63) is 297 Å². The molecule has 0 spiro atoms. The maximum atomic E-state index is 11.6. The topological polar surface area (TPSA) is 68.3 Å². The van der Waals surface area contributed by atoms with Gasteiger partial charge in [0.1, 0.15) is 23.1 Å². The minimum Gasteiger partial charge on any atom is -0.358 e. The van der Waals surface area contributed by atoms with E-state index in [2.05, 4.69) is 221 Å². The number of carbonyl (C=O) groups excluding carboxylic acids is 4. The van der Waals surface area contributed by atoms with Crippen LogP contribution in [0.4, 0.5) is 0 Å². The number of benzene rings is 8. The van der Waals surface area contributed by atoms with Gasteiger partial charge in [-0.25, -0.2) is 0 Å². The van der Waals surface area contributed by atoms with Crippen molar-refractivity contribution in [1.29, 1.82) is 0 Å². The summed E-state index contributed by atoms with van der Waals surface area (Å²) in [5.74, 6) is 1.53. The highest BCUT2D eigenvalue weighted by molar-refractivity contribution is 5.79. The number of carbonyl (C=O) groups is 4. The van der Waals surface area contributed by atoms with Crippen LogP contribution in [0, 0.1) is 103 Å². The molecule has 0 saturated carbocycles. The fourth-order valence-corrected chi connectivity index (χ4v) is 17.9. The highest BCUT2D eigenvalue weighted by atomic mass is 127. The fourth-order valence-electron chi connectivity index (χ4n) is 7.72. The molecule has 498 valence electrons. The van der Waals surface area contributed by atoms with E-state index in [9.17, 15) is 19.2 Å². The van der Waals surface area contributed by atoms with Crippen molar-refractivity contribution in [2.75, 3.05) is 0 Å². The molecule has 0 radical (unpaired) electrons. The monoisotopic (exact) mass is 1680 g/mol. The van der Waals surface area contributed by atoms with Gasteiger partial charge >= 0.3 is 84.8 Å². The summed E-state index contributed by atoms with van der Waals surface area (Å²) in [6.45, 7) is 37.3. The Labute approximate surface area is 599 Å². The van der Waals surface area contributed by atoms with Gasteiger partial charge in [0.2, 0.25) is 0 Å². The molecular formula is C83H114I4O4. The van der Waals surface area contributed by atoms with E-state index >= 15 is 0 Å². The van der Waals surface area contributed by atoms with Crippen LogP contribution in [-0.2, 0) is 44.9 Å². The van der Waals surface area contributed by atoms with Crippen molar-refractivity contribution >= 4 is 23.1 Å². The number of aryl methyl sites for hydroxylation is 3. The number of hydrogen-bond donors (Lipinski definition) is 0. The number of ketones is 4. The average molecular weight is 1680 g/mol. The molecule has 8 heteroatoms. The molecule has 0 unspecified atom stereocenters. The second-order valence-corrected chi connectivity index (χ2v) is 32.1. The first kappa shape index (κ1) is 92.8. The summed E-state index contributed by atoms with van der Waals surface area (Å²) in [6, 6.07) is 71.2. The summed E-state index contributed by atoms with van der Waals surface area (Å²) in [5.41, 5.74) is 9.26. The van der Waals surface area contributed by atoms with Crippen molar-refractivity contribution in [3.63, 3.8) is 0 Å². The minimum atomic E-state index is -0.186. The van der Waals surface area contributed by atoms with Crippen LogP contribution in [0.25, 0.3) is 0 Å². The summed E-state index contributed by atoms with van der Waals surface area (Å²) in [6.07, 6.45) is 3.41. The highest BCUT2D eigenvalue weighted by Gasteiger charge is 2.25. The zero-order valence-electron chi connectivity index (χ0n) is 59.8. The quantitative estimate of drug-likeness (QED) is 0.0565. The summed E-state index contributed by atoms with van der Waals surface area (Å²) >= 11 is -0.563. The van der Waals surface area contributed by atoms with Crippen LogP contribution < -0.4 is 84.8 Å². The summed E-state index contributed by atoms with van der Waals surface area (Å²) in [7, 11) is 0. The molecule has 8 rings (SSSR count). The maximum absolute atomic E-state index is 11.6. The summed E-state index contributed by atoms with van der Waals surface area (Å²) in [4.78, 5) is 45.7. The van der Waals surface area contributed by atoms with Gasteiger partial charge in [-0.1, -0.05) is 204 Å². The van der Waals surface area contributed by atoms with Crippen LogP contribution in [0.5, 0.6) is 0 Å². The van der Waals surface area contributed by atoms with Gasteiger partial charge in [-0.3, -0.25) is 19.2 Å². The number of Topliss-reactive ketones (excluding diaryl/α,β-unsaturated/α-hetero) is 4. The second-order valence-electron chi connectivity index (χ2n) is 20.3. The Morgan fingerprint density at radius 1 is 0.286 bits per heavy atom. The molecule has 8 aromatic carbocycles. The fraction of sp³-hybridized carbons (Fsp3) is 0.325. The molecule has 0 heterocycles. The predicted octanol–water partition coefficient (Wildman–Crippen LogP) is 9.16. The number of hydrogen-bond acceptors (Lipinski definition) is 4. The van der Waals surface area contributed by atoms with Crippen LogP contribution in [0.15, 0.2) is 200 Å². The van der Waals surface area contributed by atoms with Gasteiger partial charge in [0.25, 0.3) is 0 Å². The minimum absolute atomic E-state index is 0. The van der Waals surface area contributed by atoms with Crippen molar-refractivity contribution in [3.8, 4) is 0 Å². The Morgan fingerprint density at radius 2 is 0.582 bits per heavy atom. The highest BCUT2D eigenvalue weighted by Crippen LogP contribution is 2.16. The van der Waals surface area contributed by atoms with Crippen molar-refractivity contribution < 1.29 is 104 Å². The third-order valence-electron chi connectivity index (χ3n) is 13.5. The Bertz CT molecular complexity index is 3160. The third-order valence-corrected chi connectivity index (χ3v) is 25.1. The molecule has 0 aromatic heterocycles. The largest absolute Gasteiger partial charge is 0.358 e. The lowest BCUT2D eigenvalue weighted by Gasteiger charge is -2.10. The van der Waals surface area contributed by atoms with Crippen molar-refractivity contribution in [1.82, 2.24) is 0 Å². The van der Waals surface area contributed by atoms with E-state index < -0.39 is 0 Å². The van der Waals surface area contributed by atoms with Gasteiger partial charge in [0.15, 0.2) is 28.6 Å². The zero-order chi connectivity index (χ0) is 65.3. The van der Waals surface area contributed by atoms with E-state index in [4.69, 9.17) is 0 Å². The van der Waals surface area contributed by atoms with Crippen LogP contribution in [0.2, 0.25) is 0 Å². The number of halogens is 4. The van der Waals surface area contributed by atoms with E-state index in [1.807, 2.05) is 83.1 Å². The van der Waals surface area contributed by atoms with Crippen LogP contribution in [0.1, 0.15) is 150 Å². The first-order valence-electron chi connectivity index (χ1n) is 31.0. The molecule has 0 amide bonds. The van der Waals surface area contributed by atoms with Crippen molar-refractivity contribution in [2.24, 2.45) is 23.7 Å². The molecule has 4 atom stereocenters. The lowest BCUT2D eigenvalue weighted by Crippen LogP contribution is -3.61. The van der Waals surface area contributed by atoms with E-state index in [0.29, 0.717) is 0 Å². The van der Waals surface area contributed by atoms with Gasteiger partial charge in [0, 0.05) is 40.4 Å². The van der Waals surface area contributed by atoms with Gasteiger partial charge in [0.05, 0.1) is 0 Å². The maximum Gasteiger partial charge on any atom is 0.358 e. The normalized spacial score (nSPS) is 10.8. The molecular weight excluding hydrogens is 1570 g/mol. The molecule has 0 N–H and O–H groups in total. The van der Waals surface area contributed by atoms with E-state index in [1.165, 1.54) is 67.5 Å². The van der Waals surface area contributed by atoms with E-state index in [-0.39, 0.29) is 161 Å². The van der Waals surface area contributed by atoms with E-state index in [1.54, 1.807) is 27.7 Å². The summed E-state index contributed by atoms with van der Waals surface area (Å²) in [5, 5.41) is 0. The molecule has 91 heavy (non-hydrogen) atoms. The summed E-state index contributed by atoms with van der Waals surface area (Å²) < 4.78 is 11.5. The average Bonchev–Trinajstić information content (AvgIpc) is 1.21. The smallest absolute Gasteiger partial charge is 0.358 e. The number of rotatable bonds is 20. The van der Waals surface area contributed by atoms with E-state index in [0.717, 1.165) is 25.7 Å². The standard InChI is InChI=1S/C19H22IO.C18H20IO.2C17H18IO.4C2H6.4CH3/c1-13-10-17(11-15(3)16(4)21)19(12-14(13)2)20-18-8-6-5-7-9-18;1-13-9-10-16(11-14(2)15(3)20)12-18(13)19-17-7-5-4-6-8-17;1-13(14(2)19)12-15-8-6-7-11-17(15)18-16-9-4-3-5-10-16;1-13(14(2)19)12-15-8-10-17(11-9-15)18-16-6-4-3-5-7-16;4*1-2;;;;/h5-10,12,15H,11H2,1-4H3;4-10,12,14H,11H2,1-3H3;2*3-11,13H,12H2,1-2H3;4*1-2H3;4*1H3/q4*+1;;;;;4*-1/t15-;14-;2*13-;;;;;;;;/m0000......../s1. The SMILES string of the molecule is CC.CC.CC.CC.CC(=O)[C@@H](C)Cc1cc(C)c(C)cc1[I+]c1ccccc1.CC(=O)[C@@H](C)Cc1ccc(C)c([I+]c2ccccc2)c1.CC(=O)[C@@H](C)Cc1ccc([I+]c2ccccc2)cc1.CC(=O)[C@@H](C)Cc1ccccc1[I+]c1ccccc1.[CH3-].[CH3-].[CH3-].[CH3-]. The molecule has 0 aliphatic carbocycles. The molecule has 0 fully saturated rings. The first-order valence-corrected chi connectivity index (χ1v) is 39.7. The van der Waals surface area contributed by atoms with Gasteiger partial charge in [-0.2, -0.15) is 0 Å². The van der Waals surface area contributed by atoms with Crippen molar-refractivity contribution in [2.45, 2.75) is 157 Å². The zero-order valence-corrected chi connectivity index (χ0v) is 68.5. The molecule has 4 nitrogen and oxygen atoms in total. The Kier molecular flexibility index (Phi) is 55.8. The Morgan fingerprint density at radius 3 is 0.989 bits per heavy atom. The van der Waals surface area contributed by atoms with Crippen LogP contribution in [0.3, 0.4) is 0 Å². The molecule has 0 bridgehead atoms. The van der Waals surface area contributed by atoms with Crippen LogP contribution in [-0.4, -0.2) is 23.1 Å². The third kappa shape index (κ3) is 37.7. The first-order chi connectivity index (χ1) is 41.8.